The van der Waals surface area contributed by atoms with Crippen LogP contribution in [0.25, 0.3) is 0 Å². The summed E-state index contributed by atoms with van der Waals surface area (Å²) in [7, 11) is 1.60. The average Bonchev–Trinajstić information content (AvgIpc) is 2.74. The fourth-order valence-corrected chi connectivity index (χ4v) is 1.06. The molecule has 0 spiro atoms. The second-order valence-electron chi connectivity index (χ2n) is 4.12. The Bertz CT molecular complexity index is 358. The zero-order chi connectivity index (χ0) is 12.2. The molecule has 0 atom stereocenters. The minimum absolute atomic E-state index is 0.259. The first-order chi connectivity index (χ1) is 7.48. The smallest absolute Gasteiger partial charge is 0.287 e. The summed E-state index contributed by atoms with van der Waals surface area (Å²) < 4.78 is 10.4. The molecule has 0 unspecified atom stereocenters. The van der Waals surface area contributed by atoms with Gasteiger partial charge in [0.25, 0.3) is 5.91 Å². The van der Waals surface area contributed by atoms with Crippen molar-refractivity contribution in [2.75, 3.05) is 13.7 Å². The molecule has 90 valence electrons. The molecule has 1 amide bonds. The lowest BCUT2D eigenvalue weighted by Crippen LogP contribution is -2.39. The van der Waals surface area contributed by atoms with Crippen LogP contribution in [0, 0.1) is 0 Å². The molecule has 0 bridgehead atoms. The molecular formula is C11H18N2O3. The van der Waals surface area contributed by atoms with Gasteiger partial charge in [0, 0.05) is 13.7 Å². The van der Waals surface area contributed by atoms with Crippen molar-refractivity contribution in [1.29, 1.82) is 0 Å². The lowest BCUT2D eigenvalue weighted by atomic mass is 10.1. The number of nitrogens with two attached hydrogens (primary N) is 1. The summed E-state index contributed by atoms with van der Waals surface area (Å²) in [6, 6.07) is 3.30. The van der Waals surface area contributed by atoms with Crippen LogP contribution in [-0.2, 0) is 11.3 Å². The molecule has 0 saturated carbocycles. The van der Waals surface area contributed by atoms with E-state index in [0.717, 1.165) is 0 Å². The Morgan fingerprint density at radius 1 is 1.56 bits per heavy atom. The fourth-order valence-electron chi connectivity index (χ4n) is 1.06. The molecule has 0 saturated heterocycles. The topological polar surface area (TPSA) is 77.5 Å². The number of hydrogen-bond donors (Lipinski definition) is 2. The van der Waals surface area contributed by atoms with E-state index in [1.165, 1.54) is 0 Å². The maximum atomic E-state index is 11.6. The minimum Gasteiger partial charge on any atom is -0.455 e. The summed E-state index contributed by atoms with van der Waals surface area (Å²) in [5, 5.41) is 2.73. The number of furan rings is 1. The van der Waals surface area contributed by atoms with Crippen LogP contribution < -0.4 is 11.1 Å². The van der Waals surface area contributed by atoms with E-state index in [0.29, 0.717) is 12.3 Å². The lowest BCUT2D eigenvalue weighted by molar-refractivity contribution is 0.0225. The minimum atomic E-state index is -0.390. The third-order valence-corrected chi connectivity index (χ3v) is 2.31. The zero-order valence-electron chi connectivity index (χ0n) is 9.87. The third-order valence-electron chi connectivity index (χ3n) is 2.31. The first-order valence-corrected chi connectivity index (χ1v) is 5.10. The number of hydrogen-bond acceptors (Lipinski definition) is 4. The van der Waals surface area contributed by atoms with E-state index in [2.05, 4.69) is 5.32 Å². The van der Waals surface area contributed by atoms with Crippen LogP contribution in [0.15, 0.2) is 16.5 Å². The first kappa shape index (κ1) is 12.7. The molecule has 0 aliphatic carbocycles. The van der Waals surface area contributed by atoms with Gasteiger partial charge in [0.15, 0.2) is 5.76 Å². The molecule has 1 heterocycles. The van der Waals surface area contributed by atoms with Crippen molar-refractivity contribution in [3.8, 4) is 0 Å². The van der Waals surface area contributed by atoms with Gasteiger partial charge < -0.3 is 20.2 Å². The Morgan fingerprint density at radius 3 is 2.75 bits per heavy atom. The van der Waals surface area contributed by atoms with Gasteiger partial charge in [-0.3, -0.25) is 4.79 Å². The molecular weight excluding hydrogens is 208 g/mol. The second kappa shape index (κ2) is 5.14. The van der Waals surface area contributed by atoms with Crippen LogP contribution >= 0.6 is 0 Å². The Labute approximate surface area is 94.9 Å². The number of nitrogens with one attached hydrogen (secondary N) is 1. The highest BCUT2D eigenvalue weighted by Crippen LogP contribution is 2.08. The summed E-state index contributed by atoms with van der Waals surface area (Å²) in [4.78, 5) is 11.6. The summed E-state index contributed by atoms with van der Waals surface area (Å²) >= 11 is 0. The maximum absolute atomic E-state index is 11.6. The highest BCUT2D eigenvalue weighted by Gasteiger charge is 2.19. The monoisotopic (exact) mass is 226 g/mol. The van der Waals surface area contributed by atoms with Gasteiger partial charge in [-0.2, -0.15) is 0 Å². The van der Waals surface area contributed by atoms with E-state index in [9.17, 15) is 4.79 Å². The number of carbonyl (C=O) groups excluding carboxylic acids is 1. The summed E-state index contributed by atoms with van der Waals surface area (Å²) in [5.74, 6) is 0.605. The number of methoxy groups -OCH3 is 1. The molecule has 0 aliphatic rings. The van der Waals surface area contributed by atoms with Gasteiger partial charge >= 0.3 is 0 Å². The Kier molecular flexibility index (Phi) is 4.09. The maximum Gasteiger partial charge on any atom is 0.287 e. The SMILES string of the molecule is COC(C)(C)CNC(=O)c1ccc(CN)o1. The van der Waals surface area contributed by atoms with Crippen molar-refractivity contribution in [2.45, 2.75) is 26.0 Å². The van der Waals surface area contributed by atoms with E-state index < -0.39 is 0 Å². The van der Waals surface area contributed by atoms with E-state index in [1.54, 1.807) is 19.2 Å². The summed E-state index contributed by atoms with van der Waals surface area (Å²) in [6.07, 6.45) is 0. The number of amides is 1. The molecule has 5 heteroatoms. The van der Waals surface area contributed by atoms with Crippen molar-refractivity contribution in [2.24, 2.45) is 5.73 Å². The van der Waals surface area contributed by atoms with Crippen molar-refractivity contribution >= 4 is 5.91 Å². The highest BCUT2D eigenvalue weighted by atomic mass is 16.5. The summed E-state index contributed by atoms with van der Waals surface area (Å²) in [6.45, 7) is 4.49. The lowest BCUT2D eigenvalue weighted by Gasteiger charge is -2.22. The van der Waals surface area contributed by atoms with Crippen molar-refractivity contribution < 1.29 is 13.9 Å². The van der Waals surface area contributed by atoms with E-state index in [1.807, 2.05) is 13.8 Å². The molecule has 16 heavy (non-hydrogen) atoms. The molecule has 0 aliphatic heterocycles. The van der Waals surface area contributed by atoms with Crippen molar-refractivity contribution in [3.63, 3.8) is 0 Å². The second-order valence-corrected chi connectivity index (χ2v) is 4.12. The molecule has 1 aromatic heterocycles. The van der Waals surface area contributed by atoms with Gasteiger partial charge in [-0.15, -0.1) is 0 Å². The normalized spacial score (nSPS) is 11.5. The van der Waals surface area contributed by atoms with E-state index >= 15 is 0 Å². The molecule has 0 aromatic carbocycles. The third kappa shape index (κ3) is 3.36. The van der Waals surface area contributed by atoms with Gasteiger partial charge in [0.2, 0.25) is 0 Å². The Balaban J connectivity index is 2.53. The summed E-state index contributed by atoms with van der Waals surface area (Å²) in [5.41, 5.74) is 4.99. The van der Waals surface area contributed by atoms with E-state index in [4.69, 9.17) is 14.9 Å². The number of carbonyl (C=O) groups is 1. The van der Waals surface area contributed by atoms with Crippen LogP contribution in [0.3, 0.4) is 0 Å². The highest BCUT2D eigenvalue weighted by molar-refractivity contribution is 5.91. The largest absolute Gasteiger partial charge is 0.455 e. The predicted octanol–water partition coefficient (Wildman–Crippen LogP) is 0.893. The molecule has 0 fully saturated rings. The molecule has 0 radical (unpaired) electrons. The van der Waals surface area contributed by atoms with Crippen LogP contribution in [0.2, 0.25) is 0 Å². The standard InChI is InChI=1S/C11H18N2O3/c1-11(2,15-3)7-13-10(14)9-5-4-8(6-12)16-9/h4-5H,6-7,12H2,1-3H3,(H,13,14). The van der Waals surface area contributed by atoms with Crippen LogP contribution in [0.1, 0.15) is 30.2 Å². The molecule has 5 nitrogen and oxygen atoms in total. The van der Waals surface area contributed by atoms with Gasteiger partial charge in [0.1, 0.15) is 5.76 Å². The van der Waals surface area contributed by atoms with Crippen molar-refractivity contribution in [3.05, 3.63) is 23.7 Å². The van der Waals surface area contributed by atoms with Crippen LogP contribution in [-0.4, -0.2) is 25.2 Å². The van der Waals surface area contributed by atoms with E-state index in [-0.39, 0.29) is 23.8 Å². The Morgan fingerprint density at radius 2 is 2.25 bits per heavy atom. The Hall–Kier alpha value is -1.33. The molecule has 3 N–H and O–H groups in total. The van der Waals surface area contributed by atoms with Crippen LogP contribution in [0.5, 0.6) is 0 Å². The molecule has 1 aromatic rings. The zero-order valence-corrected chi connectivity index (χ0v) is 9.87. The van der Waals surface area contributed by atoms with Gasteiger partial charge in [0.05, 0.1) is 12.1 Å². The predicted molar refractivity (Wildman–Crippen MR) is 60.0 cm³/mol. The van der Waals surface area contributed by atoms with Crippen molar-refractivity contribution in [1.82, 2.24) is 5.32 Å². The first-order valence-electron chi connectivity index (χ1n) is 5.10. The molecule has 1 rings (SSSR count). The van der Waals surface area contributed by atoms with Gasteiger partial charge in [-0.25, -0.2) is 0 Å². The average molecular weight is 226 g/mol. The fraction of sp³-hybridized carbons (Fsp3) is 0.545. The quantitative estimate of drug-likeness (QED) is 0.781. The number of ether oxygens (including phenoxy) is 1. The van der Waals surface area contributed by atoms with Gasteiger partial charge in [-0.1, -0.05) is 0 Å². The van der Waals surface area contributed by atoms with Gasteiger partial charge in [-0.05, 0) is 26.0 Å². The van der Waals surface area contributed by atoms with Crippen LogP contribution in [0.4, 0.5) is 0 Å². The number of rotatable bonds is 5.